The lowest BCUT2D eigenvalue weighted by atomic mass is 10.2. The Hall–Kier alpha value is -5.28. The predicted molar refractivity (Wildman–Crippen MR) is 227 cm³/mol. The summed E-state index contributed by atoms with van der Waals surface area (Å²) < 4.78 is 1.79. The van der Waals surface area contributed by atoms with Gasteiger partial charge in [-0.25, -0.2) is 9.97 Å². The third kappa shape index (κ3) is 11.4. The van der Waals surface area contributed by atoms with E-state index in [1.54, 1.807) is 48.5 Å². The summed E-state index contributed by atoms with van der Waals surface area (Å²) >= 11 is 2.83. The molecule has 14 heteroatoms. The molecular formula is C42H48N8O4S2. The standard InChI is InChI=1S/2C21H24N4O2S/c2*1-14-8-6-9-15-18(14)28-21(25-19(15)26)17-11-7-10-16(24-17)20(27)23-13-5-3-2-4-12-22/h2*6-11H,2-5,12-13,22H2,1H3,(H,23,27). The van der Waals surface area contributed by atoms with Crippen LogP contribution in [0, 0.1) is 13.8 Å². The minimum atomic E-state index is -0.276. The van der Waals surface area contributed by atoms with Crippen molar-refractivity contribution < 1.29 is 9.59 Å². The Morgan fingerprint density at radius 1 is 0.536 bits per heavy atom. The minimum absolute atomic E-state index is 0.218. The second-order valence-electron chi connectivity index (χ2n) is 13.3. The van der Waals surface area contributed by atoms with Crippen LogP contribution in [0.5, 0.6) is 0 Å². The normalized spacial score (nSPS) is 10.9. The number of amides is 2. The van der Waals surface area contributed by atoms with Crippen LogP contribution in [0.4, 0.5) is 0 Å². The molecule has 0 aliphatic rings. The first-order valence-corrected chi connectivity index (χ1v) is 20.6. The number of rotatable bonds is 16. The smallest absolute Gasteiger partial charge is 0.279 e. The number of carbonyl (C=O) groups excluding carboxylic acids is 2. The molecule has 0 fully saturated rings. The van der Waals surface area contributed by atoms with Gasteiger partial charge in [0.15, 0.2) is 0 Å². The Kier molecular flexibility index (Phi) is 15.8. The van der Waals surface area contributed by atoms with Crippen LogP contribution in [-0.2, 0) is 0 Å². The maximum atomic E-state index is 12.4. The molecule has 6 rings (SSSR count). The summed E-state index contributed by atoms with van der Waals surface area (Å²) in [4.78, 5) is 66.7. The van der Waals surface area contributed by atoms with E-state index in [9.17, 15) is 19.2 Å². The fourth-order valence-electron chi connectivity index (χ4n) is 5.87. The van der Waals surface area contributed by atoms with Crippen LogP contribution in [0.15, 0.2) is 82.4 Å². The van der Waals surface area contributed by atoms with Crippen LogP contribution in [0.1, 0.15) is 83.5 Å². The van der Waals surface area contributed by atoms with E-state index in [0.717, 1.165) is 71.9 Å². The molecule has 0 spiro atoms. The molecule has 0 unspecified atom stereocenters. The molecular weight excluding hydrogens is 745 g/mol. The van der Waals surface area contributed by atoms with E-state index in [2.05, 4.69) is 30.6 Å². The van der Waals surface area contributed by atoms with Gasteiger partial charge in [-0.15, -0.1) is 22.7 Å². The number of hydrogen-bond acceptors (Lipinski definition) is 12. The zero-order valence-electron chi connectivity index (χ0n) is 31.8. The molecule has 2 aromatic carbocycles. The van der Waals surface area contributed by atoms with Crippen LogP contribution < -0.4 is 33.2 Å². The Morgan fingerprint density at radius 3 is 1.34 bits per heavy atom. The number of pyridine rings is 2. The summed E-state index contributed by atoms with van der Waals surface area (Å²) in [6.07, 6.45) is 8.09. The Morgan fingerprint density at radius 2 is 0.929 bits per heavy atom. The van der Waals surface area contributed by atoms with Crippen LogP contribution in [0.2, 0.25) is 0 Å². The largest absolute Gasteiger partial charge is 0.351 e. The molecule has 6 N–H and O–H groups in total. The molecule has 4 heterocycles. The Balaban J connectivity index is 0.000000214. The third-order valence-corrected chi connectivity index (χ3v) is 11.4. The van der Waals surface area contributed by atoms with E-state index in [-0.39, 0.29) is 22.9 Å². The number of nitrogens with zero attached hydrogens (tertiary/aromatic N) is 4. The van der Waals surface area contributed by atoms with E-state index in [1.807, 2.05) is 38.1 Å². The van der Waals surface area contributed by atoms with Crippen molar-refractivity contribution in [3.63, 3.8) is 0 Å². The first-order valence-electron chi connectivity index (χ1n) is 18.9. The van der Waals surface area contributed by atoms with Crippen LogP contribution in [0.3, 0.4) is 0 Å². The molecule has 0 saturated carbocycles. The van der Waals surface area contributed by atoms with Crippen molar-refractivity contribution >= 4 is 54.7 Å². The number of benzene rings is 2. The predicted octanol–water partition coefficient (Wildman–Crippen LogP) is 6.55. The molecule has 0 bridgehead atoms. The number of nitrogens with one attached hydrogen (secondary N) is 2. The summed E-state index contributed by atoms with van der Waals surface area (Å²) in [5, 5.41) is 8.04. The molecule has 0 saturated heterocycles. The van der Waals surface area contributed by atoms with Crippen molar-refractivity contribution in [2.75, 3.05) is 26.2 Å². The zero-order valence-corrected chi connectivity index (χ0v) is 33.4. The Bertz CT molecular complexity index is 2230. The van der Waals surface area contributed by atoms with Gasteiger partial charge in [-0.1, -0.05) is 62.1 Å². The zero-order chi connectivity index (χ0) is 39.9. The maximum absolute atomic E-state index is 12.4. The molecule has 4 aromatic heterocycles. The number of unbranched alkanes of at least 4 members (excludes halogenated alkanes) is 6. The van der Waals surface area contributed by atoms with Gasteiger partial charge < -0.3 is 22.1 Å². The summed E-state index contributed by atoms with van der Waals surface area (Å²) in [6.45, 7) is 6.56. The molecule has 292 valence electrons. The number of fused-ring (bicyclic) bond motifs is 2. The highest BCUT2D eigenvalue weighted by molar-refractivity contribution is 7.21. The molecule has 0 atom stereocenters. The van der Waals surface area contributed by atoms with Gasteiger partial charge in [-0.3, -0.25) is 19.2 Å². The number of carbonyl (C=O) groups is 2. The number of nitrogens with two attached hydrogens (primary N) is 2. The van der Waals surface area contributed by atoms with Crippen molar-refractivity contribution in [3.05, 3.63) is 116 Å². The van der Waals surface area contributed by atoms with Crippen LogP contribution in [-0.4, -0.2) is 57.9 Å². The highest BCUT2D eigenvalue weighted by Crippen LogP contribution is 2.28. The molecule has 2 amide bonds. The van der Waals surface area contributed by atoms with Gasteiger partial charge >= 0.3 is 0 Å². The summed E-state index contributed by atoms with van der Waals surface area (Å²) in [5.74, 6) is -0.435. The number of hydrogen-bond donors (Lipinski definition) is 4. The summed E-state index contributed by atoms with van der Waals surface area (Å²) in [5.41, 5.74) is 14.2. The third-order valence-electron chi connectivity index (χ3n) is 8.92. The van der Waals surface area contributed by atoms with Crippen LogP contribution >= 0.6 is 22.7 Å². The highest BCUT2D eigenvalue weighted by Gasteiger charge is 2.14. The monoisotopic (exact) mass is 792 g/mol. The average Bonchev–Trinajstić information content (AvgIpc) is 3.21. The molecule has 56 heavy (non-hydrogen) atoms. The van der Waals surface area contributed by atoms with Crippen molar-refractivity contribution in [1.29, 1.82) is 0 Å². The lowest BCUT2D eigenvalue weighted by molar-refractivity contribution is 0.0940. The van der Waals surface area contributed by atoms with Crippen molar-refractivity contribution in [3.8, 4) is 21.4 Å². The molecule has 0 radical (unpaired) electrons. The van der Waals surface area contributed by atoms with Gasteiger partial charge in [0.05, 0.1) is 22.2 Å². The van der Waals surface area contributed by atoms with Crippen molar-refractivity contribution in [1.82, 2.24) is 30.6 Å². The average molecular weight is 793 g/mol. The molecule has 12 nitrogen and oxygen atoms in total. The van der Waals surface area contributed by atoms with E-state index in [0.29, 0.717) is 69.7 Å². The van der Waals surface area contributed by atoms with E-state index >= 15 is 0 Å². The van der Waals surface area contributed by atoms with E-state index in [1.165, 1.54) is 22.7 Å². The SMILES string of the molecule is Cc1cccc2c(=O)nc(-c3cccc(C(=O)NCCCCCCN)n3)sc12.Cc1cccc2c(=O)nc(-c3cccc(C(=O)NCCCCCCN)n3)sc12. The quantitative estimate of drug-likeness (QED) is 0.0781. The second-order valence-corrected chi connectivity index (χ2v) is 15.3. The molecule has 0 aliphatic heterocycles. The lowest BCUT2D eigenvalue weighted by Crippen LogP contribution is -2.25. The van der Waals surface area contributed by atoms with E-state index in [4.69, 9.17) is 11.5 Å². The first-order chi connectivity index (χ1) is 27.2. The molecule has 6 aromatic rings. The number of aryl methyl sites for hydroxylation is 2. The van der Waals surface area contributed by atoms with Gasteiger partial charge in [-0.05, 0) is 100 Å². The first kappa shape index (κ1) is 41.9. The second kappa shape index (κ2) is 21.1. The minimum Gasteiger partial charge on any atom is -0.351 e. The highest BCUT2D eigenvalue weighted by atomic mass is 32.1. The fraction of sp³-hybridized carbons (Fsp3) is 0.333. The fourth-order valence-corrected chi connectivity index (χ4v) is 7.94. The van der Waals surface area contributed by atoms with Gasteiger partial charge in [0, 0.05) is 22.5 Å². The van der Waals surface area contributed by atoms with Gasteiger partial charge in [0.2, 0.25) is 0 Å². The molecule has 0 aliphatic carbocycles. The number of aromatic nitrogens is 4. The van der Waals surface area contributed by atoms with Crippen molar-refractivity contribution in [2.45, 2.75) is 65.2 Å². The lowest BCUT2D eigenvalue weighted by Gasteiger charge is -2.07. The van der Waals surface area contributed by atoms with Crippen LogP contribution in [0.25, 0.3) is 41.6 Å². The summed E-state index contributed by atoms with van der Waals surface area (Å²) in [6, 6.07) is 21.6. The van der Waals surface area contributed by atoms with E-state index < -0.39 is 0 Å². The van der Waals surface area contributed by atoms with Gasteiger partial charge in [-0.2, -0.15) is 9.97 Å². The van der Waals surface area contributed by atoms with Gasteiger partial charge in [0.25, 0.3) is 22.9 Å². The van der Waals surface area contributed by atoms with Crippen molar-refractivity contribution in [2.24, 2.45) is 11.5 Å². The van der Waals surface area contributed by atoms with Gasteiger partial charge in [0.1, 0.15) is 21.4 Å². The Labute approximate surface area is 333 Å². The summed E-state index contributed by atoms with van der Waals surface area (Å²) in [7, 11) is 0. The maximum Gasteiger partial charge on any atom is 0.279 e. The topological polar surface area (TPSA) is 196 Å².